The maximum absolute atomic E-state index is 13.9. The predicted molar refractivity (Wildman–Crippen MR) is 78.4 cm³/mol. The van der Waals surface area contributed by atoms with Crippen LogP contribution in [0.2, 0.25) is 0 Å². The molecule has 0 amide bonds. The Balaban J connectivity index is 1.47. The van der Waals surface area contributed by atoms with E-state index < -0.39 is 0 Å². The SMILES string of the molecule is Fc1cccnc1N1CC2CC1CN2Cc1ccccn1. The number of rotatable bonds is 3. The molecule has 5 heteroatoms. The summed E-state index contributed by atoms with van der Waals surface area (Å²) in [7, 11) is 0. The molecule has 4 heterocycles. The summed E-state index contributed by atoms with van der Waals surface area (Å²) >= 11 is 0. The Morgan fingerprint density at radius 3 is 2.67 bits per heavy atom. The van der Waals surface area contributed by atoms with E-state index in [0.29, 0.717) is 17.9 Å². The molecule has 2 aromatic rings. The second-order valence-electron chi connectivity index (χ2n) is 5.76. The predicted octanol–water partition coefficient (Wildman–Crippen LogP) is 2.08. The van der Waals surface area contributed by atoms with Gasteiger partial charge in [-0.3, -0.25) is 9.88 Å². The Morgan fingerprint density at radius 1 is 1.05 bits per heavy atom. The highest BCUT2D eigenvalue weighted by Gasteiger charge is 2.44. The lowest BCUT2D eigenvalue weighted by molar-refractivity contribution is 0.227. The maximum Gasteiger partial charge on any atom is 0.165 e. The normalized spacial score (nSPS) is 24.7. The zero-order valence-electron chi connectivity index (χ0n) is 11.7. The zero-order valence-corrected chi connectivity index (χ0v) is 11.7. The number of aromatic nitrogens is 2. The van der Waals surface area contributed by atoms with Gasteiger partial charge in [-0.15, -0.1) is 0 Å². The lowest BCUT2D eigenvalue weighted by Gasteiger charge is -2.34. The lowest BCUT2D eigenvalue weighted by atomic mass is 10.2. The molecular weight excluding hydrogens is 267 g/mol. The van der Waals surface area contributed by atoms with Crippen molar-refractivity contribution in [1.82, 2.24) is 14.9 Å². The van der Waals surface area contributed by atoms with Crippen LogP contribution < -0.4 is 4.90 Å². The summed E-state index contributed by atoms with van der Waals surface area (Å²) in [5.74, 6) is 0.281. The van der Waals surface area contributed by atoms with E-state index in [4.69, 9.17) is 0 Å². The van der Waals surface area contributed by atoms with Crippen molar-refractivity contribution in [3.8, 4) is 0 Å². The molecule has 2 aliphatic heterocycles. The van der Waals surface area contributed by atoms with Gasteiger partial charge in [-0.05, 0) is 30.7 Å². The molecule has 2 bridgehead atoms. The van der Waals surface area contributed by atoms with Crippen LogP contribution in [0, 0.1) is 5.82 Å². The van der Waals surface area contributed by atoms with Crippen molar-refractivity contribution in [3.05, 3.63) is 54.2 Å². The molecule has 0 spiro atoms. The van der Waals surface area contributed by atoms with E-state index in [1.165, 1.54) is 6.07 Å². The van der Waals surface area contributed by atoms with Crippen LogP contribution >= 0.6 is 0 Å². The number of halogens is 1. The van der Waals surface area contributed by atoms with Crippen molar-refractivity contribution < 1.29 is 4.39 Å². The average Bonchev–Trinajstić information content (AvgIpc) is 3.09. The molecule has 2 saturated heterocycles. The first-order valence-electron chi connectivity index (χ1n) is 7.32. The number of likely N-dealkylation sites (tertiary alicyclic amines) is 1. The third kappa shape index (κ3) is 2.27. The molecule has 108 valence electrons. The summed E-state index contributed by atoms with van der Waals surface area (Å²) in [5, 5.41) is 0. The number of hydrogen-bond donors (Lipinski definition) is 0. The molecule has 4 nitrogen and oxygen atoms in total. The second-order valence-corrected chi connectivity index (χ2v) is 5.76. The van der Waals surface area contributed by atoms with Crippen LogP contribution in [-0.4, -0.2) is 40.0 Å². The van der Waals surface area contributed by atoms with Gasteiger partial charge in [0.2, 0.25) is 0 Å². The number of anilines is 1. The summed E-state index contributed by atoms with van der Waals surface area (Å²) in [6.07, 6.45) is 4.58. The first-order valence-corrected chi connectivity index (χ1v) is 7.32. The fourth-order valence-corrected chi connectivity index (χ4v) is 3.49. The number of nitrogens with zero attached hydrogens (tertiary/aromatic N) is 4. The van der Waals surface area contributed by atoms with E-state index in [-0.39, 0.29) is 5.82 Å². The van der Waals surface area contributed by atoms with E-state index in [2.05, 4.69) is 25.8 Å². The molecule has 0 saturated carbocycles. The summed E-state index contributed by atoms with van der Waals surface area (Å²) in [6, 6.07) is 9.97. The topological polar surface area (TPSA) is 32.3 Å². The molecule has 4 rings (SSSR count). The van der Waals surface area contributed by atoms with Gasteiger partial charge in [0.25, 0.3) is 0 Å². The van der Waals surface area contributed by atoms with Crippen LogP contribution in [0.3, 0.4) is 0 Å². The quantitative estimate of drug-likeness (QED) is 0.864. The first-order chi connectivity index (χ1) is 10.3. The van der Waals surface area contributed by atoms with Crippen LogP contribution in [-0.2, 0) is 6.54 Å². The highest BCUT2D eigenvalue weighted by atomic mass is 19.1. The molecule has 2 atom stereocenters. The van der Waals surface area contributed by atoms with E-state index >= 15 is 0 Å². The molecule has 21 heavy (non-hydrogen) atoms. The van der Waals surface area contributed by atoms with E-state index in [9.17, 15) is 4.39 Å². The van der Waals surface area contributed by atoms with Crippen molar-refractivity contribution >= 4 is 5.82 Å². The third-order valence-corrected chi connectivity index (χ3v) is 4.46. The van der Waals surface area contributed by atoms with E-state index in [1.54, 1.807) is 12.3 Å². The number of hydrogen-bond acceptors (Lipinski definition) is 4. The summed E-state index contributed by atoms with van der Waals surface area (Å²) in [6.45, 7) is 2.68. The Bertz CT molecular complexity index is 633. The molecule has 0 aromatic carbocycles. The molecule has 0 aliphatic carbocycles. The number of piperazine rings is 1. The second kappa shape index (κ2) is 5.07. The lowest BCUT2D eigenvalue weighted by Crippen LogP contribution is -2.46. The minimum Gasteiger partial charge on any atom is -0.348 e. The molecular formula is C16H17FN4. The van der Waals surface area contributed by atoms with Gasteiger partial charge in [0.1, 0.15) is 0 Å². The Hall–Kier alpha value is -2.01. The van der Waals surface area contributed by atoms with Crippen LogP contribution in [0.25, 0.3) is 0 Å². The Morgan fingerprint density at radius 2 is 1.95 bits per heavy atom. The third-order valence-electron chi connectivity index (χ3n) is 4.46. The molecule has 0 N–H and O–H groups in total. The minimum atomic E-state index is -0.221. The highest BCUT2D eigenvalue weighted by Crippen LogP contribution is 2.35. The van der Waals surface area contributed by atoms with Gasteiger partial charge >= 0.3 is 0 Å². The fraction of sp³-hybridized carbons (Fsp3) is 0.375. The van der Waals surface area contributed by atoms with Crippen molar-refractivity contribution in [1.29, 1.82) is 0 Å². The Kier molecular flexibility index (Phi) is 3.07. The maximum atomic E-state index is 13.9. The van der Waals surface area contributed by atoms with Crippen molar-refractivity contribution in [3.63, 3.8) is 0 Å². The van der Waals surface area contributed by atoms with Crippen molar-refractivity contribution in [2.75, 3.05) is 18.0 Å². The van der Waals surface area contributed by atoms with Gasteiger partial charge < -0.3 is 4.90 Å². The molecule has 0 radical (unpaired) electrons. The molecule has 2 unspecified atom stereocenters. The number of pyridine rings is 2. The van der Waals surface area contributed by atoms with Crippen LogP contribution in [0.4, 0.5) is 10.2 Å². The minimum absolute atomic E-state index is 0.221. The summed E-state index contributed by atoms with van der Waals surface area (Å²) in [5.41, 5.74) is 1.10. The zero-order chi connectivity index (χ0) is 14.2. The van der Waals surface area contributed by atoms with Gasteiger partial charge in [0.05, 0.1) is 5.69 Å². The largest absolute Gasteiger partial charge is 0.348 e. The summed E-state index contributed by atoms with van der Waals surface area (Å²) in [4.78, 5) is 13.2. The first kappa shape index (κ1) is 12.7. The van der Waals surface area contributed by atoms with Crippen LogP contribution in [0.1, 0.15) is 12.1 Å². The molecule has 2 fully saturated rings. The van der Waals surface area contributed by atoms with Gasteiger partial charge in [-0.1, -0.05) is 6.07 Å². The Labute approximate surface area is 123 Å². The fourth-order valence-electron chi connectivity index (χ4n) is 3.49. The highest BCUT2D eigenvalue weighted by molar-refractivity contribution is 5.44. The van der Waals surface area contributed by atoms with Crippen molar-refractivity contribution in [2.24, 2.45) is 0 Å². The van der Waals surface area contributed by atoms with Crippen LogP contribution in [0.15, 0.2) is 42.7 Å². The number of fused-ring (bicyclic) bond motifs is 2. The average molecular weight is 284 g/mol. The summed E-state index contributed by atoms with van der Waals surface area (Å²) < 4.78 is 13.9. The van der Waals surface area contributed by atoms with Crippen molar-refractivity contribution in [2.45, 2.75) is 25.0 Å². The molecule has 2 aromatic heterocycles. The van der Waals surface area contributed by atoms with Gasteiger partial charge in [0, 0.05) is 44.1 Å². The van der Waals surface area contributed by atoms with E-state index in [0.717, 1.165) is 31.7 Å². The van der Waals surface area contributed by atoms with E-state index in [1.807, 2.05) is 18.3 Å². The van der Waals surface area contributed by atoms with Gasteiger partial charge in [-0.2, -0.15) is 0 Å². The molecule has 2 aliphatic rings. The monoisotopic (exact) mass is 284 g/mol. The van der Waals surface area contributed by atoms with Gasteiger partial charge in [-0.25, -0.2) is 9.37 Å². The van der Waals surface area contributed by atoms with Gasteiger partial charge in [0.15, 0.2) is 11.6 Å². The standard InChI is InChI=1S/C16H17FN4/c17-15-5-3-7-19-16(15)21-11-13-8-14(21)10-20(13)9-12-4-1-2-6-18-12/h1-7,13-14H,8-11H2. The smallest absolute Gasteiger partial charge is 0.165 e. The van der Waals surface area contributed by atoms with Crippen LogP contribution in [0.5, 0.6) is 0 Å².